The van der Waals surface area contributed by atoms with Crippen molar-refractivity contribution in [3.8, 4) is 0 Å². The molecule has 0 aromatic heterocycles. The molecule has 0 amide bonds. The van der Waals surface area contributed by atoms with Gasteiger partial charge in [0, 0.05) is 25.0 Å². The SMILES string of the molecule is ClCCCCCCCCCCOCCOCCCCCCCCCCCl. The van der Waals surface area contributed by atoms with Crippen LogP contribution in [0.25, 0.3) is 0 Å². The quantitative estimate of drug-likeness (QED) is 0.126. The highest BCUT2D eigenvalue weighted by atomic mass is 35.5. The molecule has 0 N–H and O–H groups in total. The van der Waals surface area contributed by atoms with Gasteiger partial charge < -0.3 is 9.47 Å². The molecule has 0 aliphatic heterocycles. The fourth-order valence-corrected chi connectivity index (χ4v) is 3.42. The van der Waals surface area contributed by atoms with E-state index in [4.69, 9.17) is 32.7 Å². The zero-order valence-corrected chi connectivity index (χ0v) is 18.6. The Morgan fingerprint density at radius 3 is 0.885 bits per heavy atom. The molecule has 158 valence electrons. The lowest BCUT2D eigenvalue weighted by Crippen LogP contribution is -2.06. The fourth-order valence-electron chi connectivity index (χ4n) is 3.04. The van der Waals surface area contributed by atoms with Crippen LogP contribution in [0.1, 0.15) is 103 Å². The molecule has 0 aliphatic rings. The molecule has 0 aromatic rings. The lowest BCUT2D eigenvalue weighted by molar-refractivity contribution is 0.0448. The predicted molar refractivity (Wildman–Crippen MR) is 117 cm³/mol. The van der Waals surface area contributed by atoms with Crippen molar-refractivity contribution >= 4 is 23.2 Å². The van der Waals surface area contributed by atoms with E-state index in [2.05, 4.69) is 0 Å². The van der Waals surface area contributed by atoms with E-state index in [-0.39, 0.29) is 0 Å². The van der Waals surface area contributed by atoms with E-state index in [9.17, 15) is 0 Å². The van der Waals surface area contributed by atoms with Gasteiger partial charge in [-0.15, -0.1) is 23.2 Å². The first-order valence-electron chi connectivity index (χ1n) is 11.2. The van der Waals surface area contributed by atoms with Crippen LogP contribution in [-0.2, 0) is 9.47 Å². The second kappa shape index (κ2) is 25.5. The number of ether oxygens (including phenoxy) is 2. The minimum absolute atomic E-state index is 0.749. The van der Waals surface area contributed by atoms with Gasteiger partial charge in [-0.3, -0.25) is 0 Å². The number of alkyl halides is 2. The molecule has 0 bridgehead atoms. The molecule has 0 fully saturated rings. The van der Waals surface area contributed by atoms with Crippen LogP contribution in [0.4, 0.5) is 0 Å². The van der Waals surface area contributed by atoms with Crippen LogP contribution >= 0.6 is 23.2 Å². The van der Waals surface area contributed by atoms with Crippen LogP contribution in [0, 0.1) is 0 Å². The lowest BCUT2D eigenvalue weighted by Gasteiger charge is -2.06. The normalized spacial score (nSPS) is 11.3. The highest BCUT2D eigenvalue weighted by Gasteiger charge is 1.95. The Morgan fingerprint density at radius 2 is 0.577 bits per heavy atom. The standard InChI is InChI=1S/C22H44Cl2O2/c23-17-13-9-5-1-3-7-11-15-19-25-21-22-26-20-16-12-8-4-2-6-10-14-18-24/h1-22H2. The summed E-state index contributed by atoms with van der Waals surface area (Å²) in [4.78, 5) is 0. The molecular weight excluding hydrogens is 367 g/mol. The number of halogens is 2. The van der Waals surface area contributed by atoms with E-state index in [0.717, 1.165) is 38.2 Å². The van der Waals surface area contributed by atoms with Gasteiger partial charge in [-0.05, 0) is 25.7 Å². The van der Waals surface area contributed by atoms with Crippen LogP contribution in [0.3, 0.4) is 0 Å². The number of hydrogen-bond acceptors (Lipinski definition) is 2. The van der Waals surface area contributed by atoms with E-state index < -0.39 is 0 Å². The molecule has 2 nitrogen and oxygen atoms in total. The van der Waals surface area contributed by atoms with E-state index in [1.807, 2.05) is 0 Å². The minimum Gasteiger partial charge on any atom is -0.379 e. The highest BCUT2D eigenvalue weighted by molar-refractivity contribution is 6.18. The van der Waals surface area contributed by atoms with Crippen molar-refractivity contribution in [2.45, 2.75) is 103 Å². The van der Waals surface area contributed by atoms with Crippen molar-refractivity contribution < 1.29 is 9.47 Å². The molecule has 26 heavy (non-hydrogen) atoms. The Kier molecular flexibility index (Phi) is 26.0. The molecule has 4 heteroatoms. The predicted octanol–water partition coefficient (Wildman–Crippen LogP) is 7.74. The highest BCUT2D eigenvalue weighted by Crippen LogP contribution is 2.10. The first-order chi connectivity index (χ1) is 12.9. The molecule has 0 unspecified atom stereocenters. The number of unbranched alkanes of at least 4 members (excludes halogenated alkanes) is 14. The van der Waals surface area contributed by atoms with Gasteiger partial charge in [0.25, 0.3) is 0 Å². The molecule has 0 aromatic carbocycles. The maximum absolute atomic E-state index is 5.67. The van der Waals surface area contributed by atoms with E-state index in [1.54, 1.807) is 0 Å². The maximum atomic E-state index is 5.67. The summed E-state index contributed by atoms with van der Waals surface area (Å²) in [6.45, 7) is 3.27. The second-order valence-corrected chi connectivity index (χ2v) is 8.02. The zero-order valence-electron chi connectivity index (χ0n) is 17.1. The fraction of sp³-hybridized carbons (Fsp3) is 1.00. The van der Waals surface area contributed by atoms with Crippen molar-refractivity contribution in [2.75, 3.05) is 38.2 Å². The van der Waals surface area contributed by atoms with E-state index in [1.165, 1.54) is 103 Å². The van der Waals surface area contributed by atoms with Gasteiger partial charge in [0.2, 0.25) is 0 Å². The Labute approximate surface area is 173 Å². The second-order valence-electron chi connectivity index (χ2n) is 7.26. The summed E-state index contributed by atoms with van der Waals surface area (Å²) < 4.78 is 11.3. The topological polar surface area (TPSA) is 18.5 Å². The van der Waals surface area contributed by atoms with Crippen molar-refractivity contribution in [1.82, 2.24) is 0 Å². The van der Waals surface area contributed by atoms with Crippen LogP contribution in [0.15, 0.2) is 0 Å². The molecule has 0 rings (SSSR count). The van der Waals surface area contributed by atoms with E-state index in [0.29, 0.717) is 0 Å². The van der Waals surface area contributed by atoms with Crippen molar-refractivity contribution in [2.24, 2.45) is 0 Å². The summed E-state index contributed by atoms with van der Waals surface area (Å²) >= 11 is 11.3. The van der Waals surface area contributed by atoms with Gasteiger partial charge in [0.15, 0.2) is 0 Å². The first kappa shape index (κ1) is 26.5. The molecule has 0 heterocycles. The van der Waals surface area contributed by atoms with Gasteiger partial charge in [0.1, 0.15) is 0 Å². The third kappa shape index (κ3) is 24.5. The number of hydrogen-bond donors (Lipinski definition) is 0. The molecule has 0 saturated carbocycles. The van der Waals surface area contributed by atoms with Crippen LogP contribution < -0.4 is 0 Å². The van der Waals surface area contributed by atoms with Crippen molar-refractivity contribution in [3.63, 3.8) is 0 Å². The van der Waals surface area contributed by atoms with Crippen LogP contribution in [-0.4, -0.2) is 38.2 Å². The third-order valence-electron chi connectivity index (χ3n) is 4.72. The van der Waals surface area contributed by atoms with Crippen LogP contribution in [0.2, 0.25) is 0 Å². The van der Waals surface area contributed by atoms with Crippen LogP contribution in [0.5, 0.6) is 0 Å². The molecule has 0 atom stereocenters. The third-order valence-corrected chi connectivity index (χ3v) is 5.25. The Balaban J connectivity index is 2.95. The largest absolute Gasteiger partial charge is 0.379 e. The number of rotatable bonds is 23. The van der Waals surface area contributed by atoms with Gasteiger partial charge in [-0.1, -0.05) is 77.0 Å². The Bertz CT molecular complexity index is 216. The summed E-state index contributed by atoms with van der Waals surface area (Å²) in [6.07, 6.45) is 20.7. The zero-order chi connectivity index (χ0) is 19.0. The van der Waals surface area contributed by atoms with Crippen molar-refractivity contribution in [3.05, 3.63) is 0 Å². The molecular formula is C22H44Cl2O2. The van der Waals surface area contributed by atoms with E-state index >= 15 is 0 Å². The summed E-state index contributed by atoms with van der Waals surface area (Å²) in [6, 6.07) is 0. The average molecular weight is 411 g/mol. The smallest absolute Gasteiger partial charge is 0.0700 e. The van der Waals surface area contributed by atoms with Gasteiger partial charge >= 0.3 is 0 Å². The summed E-state index contributed by atoms with van der Waals surface area (Å²) in [5, 5.41) is 0. The molecule has 0 spiro atoms. The summed E-state index contributed by atoms with van der Waals surface area (Å²) in [5.74, 6) is 1.63. The van der Waals surface area contributed by atoms with Gasteiger partial charge in [-0.2, -0.15) is 0 Å². The van der Waals surface area contributed by atoms with Gasteiger partial charge in [0.05, 0.1) is 13.2 Å². The maximum Gasteiger partial charge on any atom is 0.0700 e. The molecule has 0 saturated heterocycles. The van der Waals surface area contributed by atoms with Crippen molar-refractivity contribution in [1.29, 1.82) is 0 Å². The molecule has 0 aliphatic carbocycles. The molecule has 0 radical (unpaired) electrons. The summed E-state index contributed by atoms with van der Waals surface area (Å²) in [5.41, 5.74) is 0. The average Bonchev–Trinajstić information content (AvgIpc) is 2.66. The Morgan fingerprint density at radius 1 is 0.308 bits per heavy atom. The lowest BCUT2D eigenvalue weighted by atomic mass is 10.1. The van der Waals surface area contributed by atoms with Gasteiger partial charge in [-0.25, -0.2) is 0 Å². The minimum atomic E-state index is 0.749. The summed E-state index contributed by atoms with van der Waals surface area (Å²) in [7, 11) is 0. The first-order valence-corrected chi connectivity index (χ1v) is 12.3. The monoisotopic (exact) mass is 410 g/mol. The Hall–Kier alpha value is 0.500.